The molecule has 0 aliphatic rings. The van der Waals surface area contributed by atoms with Gasteiger partial charge in [-0.1, -0.05) is 17.7 Å². The second-order valence-electron chi connectivity index (χ2n) is 4.74. The first-order chi connectivity index (χ1) is 9.01. The molecule has 0 N–H and O–H groups in total. The third kappa shape index (κ3) is 2.87. The summed E-state index contributed by atoms with van der Waals surface area (Å²) in [6.07, 6.45) is 0.324. The minimum absolute atomic E-state index is 0.0539. The molecule has 3 nitrogen and oxygen atoms in total. The van der Waals surface area contributed by atoms with Gasteiger partial charge >= 0.3 is 0 Å². The fourth-order valence-corrected chi connectivity index (χ4v) is 2.22. The molecule has 0 atom stereocenters. The molecular weight excluding hydrogens is 240 g/mol. The molecule has 0 spiro atoms. The SMILES string of the molecule is COc1ccc(C)cc1CC(=O)c1cc(C)oc1C. The molecule has 100 valence electrons. The van der Waals surface area contributed by atoms with Crippen LogP contribution in [0.15, 0.2) is 28.7 Å². The maximum Gasteiger partial charge on any atom is 0.170 e. The zero-order valence-corrected chi connectivity index (χ0v) is 11.7. The van der Waals surface area contributed by atoms with Crippen molar-refractivity contribution in [3.8, 4) is 5.75 Å². The van der Waals surface area contributed by atoms with E-state index in [2.05, 4.69) is 0 Å². The number of benzene rings is 1. The predicted octanol–water partition coefficient (Wildman–Crippen LogP) is 3.64. The number of carbonyl (C=O) groups excluding carboxylic acids is 1. The van der Waals surface area contributed by atoms with Gasteiger partial charge in [-0.2, -0.15) is 0 Å². The Morgan fingerprint density at radius 3 is 2.53 bits per heavy atom. The van der Waals surface area contributed by atoms with E-state index in [4.69, 9.17) is 9.15 Å². The van der Waals surface area contributed by atoms with Crippen molar-refractivity contribution in [2.24, 2.45) is 0 Å². The Balaban J connectivity index is 2.28. The first-order valence-corrected chi connectivity index (χ1v) is 6.25. The van der Waals surface area contributed by atoms with E-state index in [0.29, 0.717) is 17.7 Å². The Morgan fingerprint density at radius 2 is 1.95 bits per heavy atom. The van der Waals surface area contributed by atoms with Crippen LogP contribution >= 0.6 is 0 Å². The van der Waals surface area contributed by atoms with Crippen LogP contribution in [0.25, 0.3) is 0 Å². The number of hydrogen-bond donors (Lipinski definition) is 0. The Morgan fingerprint density at radius 1 is 1.21 bits per heavy atom. The van der Waals surface area contributed by atoms with Gasteiger partial charge in [0.2, 0.25) is 0 Å². The van der Waals surface area contributed by atoms with E-state index in [1.165, 1.54) is 0 Å². The number of furan rings is 1. The standard InChI is InChI=1S/C16H18O3/c1-10-5-6-16(18-4)13(7-10)9-15(17)14-8-11(2)19-12(14)3/h5-8H,9H2,1-4H3. The van der Waals surface area contributed by atoms with Crippen molar-refractivity contribution in [1.82, 2.24) is 0 Å². The summed E-state index contributed by atoms with van der Waals surface area (Å²) in [5, 5.41) is 0. The summed E-state index contributed by atoms with van der Waals surface area (Å²) in [6.45, 7) is 5.66. The molecule has 3 heteroatoms. The van der Waals surface area contributed by atoms with Gasteiger partial charge in [0.05, 0.1) is 12.7 Å². The third-order valence-corrected chi connectivity index (χ3v) is 3.13. The summed E-state index contributed by atoms with van der Waals surface area (Å²) in [5.74, 6) is 2.24. The van der Waals surface area contributed by atoms with Crippen molar-refractivity contribution in [2.75, 3.05) is 7.11 Å². The molecule has 1 aromatic carbocycles. The summed E-state index contributed by atoms with van der Waals surface area (Å²) < 4.78 is 10.7. The molecule has 0 radical (unpaired) electrons. The molecule has 19 heavy (non-hydrogen) atoms. The third-order valence-electron chi connectivity index (χ3n) is 3.13. The summed E-state index contributed by atoms with van der Waals surface area (Å²) in [7, 11) is 1.62. The van der Waals surface area contributed by atoms with E-state index in [1.807, 2.05) is 39.0 Å². The molecule has 0 unspecified atom stereocenters. The van der Waals surface area contributed by atoms with Gasteiger partial charge in [0, 0.05) is 12.0 Å². The average molecular weight is 258 g/mol. The van der Waals surface area contributed by atoms with Gasteiger partial charge in [0.1, 0.15) is 17.3 Å². The number of ether oxygens (including phenoxy) is 1. The van der Waals surface area contributed by atoms with Gasteiger partial charge < -0.3 is 9.15 Å². The van der Waals surface area contributed by atoms with Gasteiger partial charge in [-0.05, 0) is 32.9 Å². The second kappa shape index (κ2) is 5.31. The molecule has 1 heterocycles. The Labute approximate surface area is 113 Å². The minimum atomic E-state index is 0.0539. The maximum absolute atomic E-state index is 12.3. The Kier molecular flexibility index (Phi) is 3.74. The quantitative estimate of drug-likeness (QED) is 0.786. The zero-order chi connectivity index (χ0) is 14.0. The topological polar surface area (TPSA) is 39.4 Å². The van der Waals surface area contributed by atoms with Crippen molar-refractivity contribution in [3.63, 3.8) is 0 Å². The minimum Gasteiger partial charge on any atom is -0.496 e. The van der Waals surface area contributed by atoms with E-state index >= 15 is 0 Å². The molecule has 0 saturated carbocycles. The molecule has 0 amide bonds. The van der Waals surface area contributed by atoms with E-state index in [1.54, 1.807) is 13.2 Å². The number of hydrogen-bond acceptors (Lipinski definition) is 3. The largest absolute Gasteiger partial charge is 0.496 e. The fraction of sp³-hybridized carbons (Fsp3) is 0.312. The van der Waals surface area contributed by atoms with E-state index < -0.39 is 0 Å². The van der Waals surface area contributed by atoms with Crippen LogP contribution in [0.4, 0.5) is 0 Å². The number of rotatable bonds is 4. The molecule has 0 saturated heterocycles. The highest BCUT2D eigenvalue weighted by molar-refractivity contribution is 5.98. The number of aryl methyl sites for hydroxylation is 3. The summed E-state index contributed by atoms with van der Waals surface area (Å²) in [6, 6.07) is 7.64. The Bertz CT molecular complexity index is 608. The predicted molar refractivity (Wildman–Crippen MR) is 73.9 cm³/mol. The Hall–Kier alpha value is -2.03. The van der Waals surface area contributed by atoms with Crippen LogP contribution in [0.2, 0.25) is 0 Å². The van der Waals surface area contributed by atoms with Crippen molar-refractivity contribution in [2.45, 2.75) is 27.2 Å². The maximum atomic E-state index is 12.3. The van der Waals surface area contributed by atoms with E-state index in [-0.39, 0.29) is 5.78 Å². The number of carbonyl (C=O) groups is 1. The summed E-state index contributed by atoms with van der Waals surface area (Å²) in [5.41, 5.74) is 2.68. The van der Waals surface area contributed by atoms with Crippen molar-refractivity contribution in [3.05, 3.63) is 52.5 Å². The molecule has 0 aliphatic carbocycles. The smallest absolute Gasteiger partial charge is 0.170 e. The zero-order valence-electron chi connectivity index (χ0n) is 11.7. The first kappa shape index (κ1) is 13.4. The highest BCUT2D eigenvalue weighted by atomic mass is 16.5. The molecule has 1 aromatic heterocycles. The van der Waals surface area contributed by atoms with Crippen LogP contribution in [-0.4, -0.2) is 12.9 Å². The first-order valence-electron chi connectivity index (χ1n) is 6.25. The lowest BCUT2D eigenvalue weighted by Gasteiger charge is -2.08. The normalized spacial score (nSPS) is 10.5. The number of Topliss-reactive ketones (excluding diaryl/α,β-unsaturated/α-hetero) is 1. The summed E-state index contributed by atoms with van der Waals surface area (Å²) >= 11 is 0. The van der Waals surface area contributed by atoms with Gasteiger partial charge in [0.25, 0.3) is 0 Å². The average Bonchev–Trinajstić information content (AvgIpc) is 2.69. The lowest BCUT2D eigenvalue weighted by Crippen LogP contribution is -2.05. The lowest BCUT2D eigenvalue weighted by molar-refractivity contribution is 0.0990. The number of ketones is 1. The van der Waals surface area contributed by atoms with Gasteiger partial charge in [-0.15, -0.1) is 0 Å². The van der Waals surface area contributed by atoms with Crippen molar-refractivity contribution >= 4 is 5.78 Å². The van der Waals surface area contributed by atoms with Gasteiger partial charge in [-0.3, -0.25) is 4.79 Å². The van der Waals surface area contributed by atoms with Crippen LogP contribution in [-0.2, 0) is 6.42 Å². The highest BCUT2D eigenvalue weighted by Gasteiger charge is 2.16. The van der Waals surface area contributed by atoms with Crippen LogP contribution in [0.5, 0.6) is 5.75 Å². The molecule has 2 aromatic rings. The van der Waals surface area contributed by atoms with Crippen LogP contribution in [0.1, 0.15) is 33.0 Å². The molecular formula is C16H18O3. The van der Waals surface area contributed by atoms with Crippen molar-refractivity contribution in [1.29, 1.82) is 0 Å². The van der Waals surface area contributed by atoms with Crippen LogP contribution in [0, 0.1) is 20.8 Å². The van der Waals surface area contributed by atoms with E-state index in [9.17, 15) is 4.79 Å². The number of methoxy groups -OCH3 is 1. The van der Waals surface area contributed by atoms with Gasteiger partial charge in [0.15, 0.2) is 5.78 Å². The monoisotopic (exact) mass is 258 g/mol. The van der Waals surface area contributed by atoms with E-state index in [0.717, 1.165) is 22.6 Å². The van der Waals surface area contributed by atoms with Crippen LogP contribution < -0.4 is 4.74 Å². The molecule has 2 rings (SSSR count). The molecule has 0 fully saturated rings. The molecule has 0 aliphatic heterocycles. The van der Waals surface area contributed by atoms with Crippen LogP contribution in [0.3, 0.4) is 0 Å². The second-order valence-corrected chi connectivity index (χ2v) is 4.74. The fourth-order valence-electron chi connectivity index (χ4n) is 2.22. The summed E-state index contributed by atoms with van der Waals surface area (Å²) in [4.78, 5) is 12.3. The lowest BCUT2D eigenvalue weighted by atomic mass is 10.0. The molecule has 0 bridgehead atoms. The van der Waals surface area contributed by atoms with Gasteiger partial charge in [-0.25, -0.2) is 0 Å². The highest BCUT2D eigenvalue weighted by Crippen LogP contribution is 2.23. The van der Waals surface area contributed by atoms with Crippen molar-refractivity contribution < 1.29 is 13.9 Å².